The molecule has 182 valence electrons. The fourth-order valence-corrected chi connectivity index (χ4v) is 4.87. The Morgan fingerprint density at radius 1 is 1.38 bits per heavy atom. The van der Waals surface area contributed by atoms with Crippen molar-refractivity contribution < 1.29 is 38.7 Å². The minimum absolute atomic E-state index is 0.0443. The van der Waals surface area contributed by atoms with Crippen LogP contribution in [0.4, 0.5) is 5.13 Å². The summed E-state index contributed by atoms with van der Waals surface area (Å²) in [6.07, 6.45) is 0. The van der Waals surface area contributed by atoms with E-state index in [0.717, 1.165) is 16.2 Å². The normalized spacial score (nSPS) is 19.6. The number of carboxylic acid groups (broad SMARTS) is 1. The molecule has 15 nitrogen and oxygen atoms in total. The molecule has 0 spiro atoms. The number of thioether (sulfide) groups is 1. The quantitative estimate of drug-likeness (QED) is 0.0588. The number of anilines is 1. The van der Waals surface area contributed by atoms with Gasteiger partial charge in [0.05, 0.1) is 0 Å². The van der Waals surface area contributed by atoms with E-state index in [1.165, 1.54) is 24.1 Å². The second-order valence-corrected chi connectivity index (χ2v) is 8.75. The van der Waals surface area contributed by atoms with Crippen LogP contribution in [0.15, 0.2) is 21.8 Å². The maximum Gasteiger partial charge on any atom is 0.352 e. The van der Waals surface area contributed by atoms with E-state index in [-0.39, 0.29) is 40.2 Å². The molecular formula is C17H19N7O8S2. The highest BCUT2D eigenvalue weighted by atomic mass is 32.2. The number of carboxylic acids is 1. The van der Waals surface area contributed by atoms with Gasteiger partial charge < -0.3 is 25.7 Å². The molecule has 0 saturated carbocycles. The summed E-state index contributed by atoms with van der Waals surface area (Å²) in [4.78, 5) is 69.6. The molecule has 1 saturated heterocycles. The molecule has 0 aromatic carbocycles. The van der Waals surface area contributed by atoms with E-state index < -0.39 is 47.7 Å². The number of nitrogens with two attached hydrogens (primary N) is 2. The summed E-state index contributed by atoms with van der Waals surface area (Å²) in [7, 11) is 0. The predicted molar refractivity (Wildman–Crippen MR) is 118 cm³/mol. The van der Waals surface area contributed by atoms with Gasteiger partial charge in [0, 0.05) is 23.6 Å². The number of carbonyl (C=O) groups is 5. The number of fused-ring (bicyclic) bond motifs is 1. The highest BCUT2D eigenvalue weighted by molar-refractivity contribution is 8.00. The van der Waals surface area contributed by atoms with Gasteiger partial charge in [0.25, 0.3) is 17.7 Å². The first-order valence-electron chi connectivity index (χ1n) is 9.39. The summed E-state index contributed by atoms with van der Waals surface area (Å²) in [6.45, 7) is 0.327. The van der Waals surface area contributed by atoms with Crippen LogP contribution in [0, 0.1) is 0 Å². The number of carbonyl (C=O) groups excluding carboxylic acids is 4. The van der Waals surface area contributed by atoms with Gasteiger partial charge in [0.15, 0.2) is 17.5 Å². The smallest absolute Gasteiger partial charge is 0.352 e. The zero-order chi connectivity index (χ0) is 25.0. The van der Waals surface area contributed by atoms with Crippen LogP contribution in [0.25, 0.3) is 0 Å². The lowest BCUT2D eigenvalue weighted by Gasteiger charge is -2.49. The summed E-state index contributed by atoms with van der Waals surface area (Å²) in [5, 5.41) is 16.6. The SMILES string of the molecule is CC(=O)OCC1=C(C(=O)O)N2C(=O)C(NC(=O)/C(=N/OCC(=O)NN)c3csc(N)n3)[C@H]2SC1. The first-order chi connectivity index (χ1) is 16.1. The molecule has 1 aromatic heterocycles. The standard InChI is InChI=1S/C17H19N7O8S2/c1-6(25)31-2-7-4-33-15-11(14(28)24(15)12(7)16(29)30)21-13(27)10(8-5-34-17(18)20-8)23-32-3-9(26)22-19/h5,11,15H,2-4,19H2,1H3,(H2,18,20)(H,21,27)(H,22,26)(H,29,30)/b23-10+/t11?,15-/m1/s1. The number of β-lactam (4-membered cyclic amide) rings is 1. The van der Waals surface area contributed by atoms with Crippen LogP contribution < -0.4 is 22.3 Å². The summed E-state index contributed by atoms with van der Waals surface area (Å²) < 4.78 is 4.88. The van der Waals surface area contributed by atoms with Crippen molar-refractivity contribution in [3.63, 3.8) is 0 Å². The van der Waals surface area contributed by atoms with Crippen LogP contribution in [0.5, 0.6) is 0 Å². The number of hydrazine groups is 1. The number of hydrogen-bond donors (Lipinski definition) is 5. The van der Waals surface area contributed by atoms with Crippen molar-refractivity contribution in [2.75, 3.05) is 24.7 Å². The lowest BCUT2D eigenvalue weighted by molar-refractivity contribution is -0.150. The van der Waals surface area contributed by atoms with E-state index in [9.17, 15) is 29.1 Å². The summed E-state index contributed by atoms with van der Waals surface area (Å²) in [5.41, 5.74) is 7.09. The number of esters is 1. The Hall–Kier alpha value is -3.70. The van der Waals surface area contributed by atoms with Crippen LogP contribution >= 0.6 is 23.1 Å². The molecule has 0 bridgehead atoms. The average molecular weight is 514 g/mol. The van der Waals surface area contributed by atoms with Gasteiger partial charge in [-0.2, -0.15) is 0 Å². The van der Waals surface area contributed by atoms with Gasteiger partial charge in [0.1, 0.15) is 29.4 Å². The number of thiazole rings is 1. The molecule has 0 radical (unpaired) electrons. The Kier molecular flexibility index (Phi) is 7.69. The minimum atomic E-state index is -1.36. The maximum absolute atomic E-state index is 12.9. The van der Waals surface area contributed by atoms with E-state index in [0.29, 0.717) is 0 Å². The van der Waals surface area contributed by atoms with Crippen LogP contribution in [-0.4, -0.2) is 80.7 Å². The van der Waals surface area contributed by atoms with Crippen molar-refractivity contribution in [3.05, 3.63) is 22.3 Å². The molecule has 2 aliphatic rings. The maximum atomic E-state index is 12.9. The van der Waals surface area contributed by atoms with Crippen LogP contribution in [0.1, 0.15) is 12.6 Å². The second-order valence-electron chi connectivity index (χ2n) is 6.75. The molecule has 3 rings (SSSR count). The van der Waals surface area contributed by atoms with Crippen LogP contribution in [0.2, 0.25) is 0 Å². The van der Waals surface area contributed by atoms with Gasteiger partial charge in [0.2, 0.25) is 0 Å². The largest absolute Gasteiger partial charge is 0.477 e. The Balaban J connectivity index is 1.77. The predicted octanol–water partition coefficient (Wildman–Crippen LogP) is -2.26. The van der Waals surface area contributed by atoms with Crippen LogP contribution in [-0.2, 0) is 33.5 Å². The summed E-state index contributed by atoms with van der Waals surface area (Å²) in [5.74, 6) is 0.925. The van der Waals surface area contributed by atoms with Gasteiger partial charge in [-0.25, -0.2) is 15.6 Å². The molecule has 3 amide bonds. The highest BCUT2D eigenvalue weighted by Crippen LogP contribution is 2.40. The monoisotopic (exact) mass is 513 g/mol. The number of nitrogens with one attached hydrogen (secondary N) is 2. The van der Waals surface area contributed by atoms with Crippen molar-refractivity contribution in [2.45, 2.75) is 18.3 Å². The Bertz CT molecular complexity index is 1100. The number of ether oxygens (including phenoxy) is 1. The molecule has 1 unspecified atom stereocenters. The van der Waals surface area contributed by atoms with Gasteiger partial charge in [-0.05, 0) is 0 Å². The highest BCUT2D eigenvalue weighted by Gasteiger charge is 2.54. The van der Waals surface area contributed by atoms with Crippen molar-refractivity contribution in [3.8, 4) is 0 Å². The van der Waals surface area contributed by atoms with Crippen molar-refractivity contribution >= 4 is 63.6 Å². The van der Waals surface area contributed by atoms with Gasteiger partial charge in [-0.3, -0.25) is 29.5 Å². The van der Waals surface area contributed by atoms with E-state index in [1.807, 2.05) is 5.43 Å². The summed E-state index contributed by atoms with van der Waals surface area (Å²) >= 11 is 2.22. The van der Waals surface area contributed by atoms with Crippen molar-refractivity contribution in [1.29, 1.82) is 0 Å². The molecule has 2 atom stereocenters. The number of amides is 3. The lowest BCUT2D eigenvalue weighted by Crippen LogP contribution is -2.71. The van der Waals surface area contributed by atoms with E-state index in [2.05, 4.69) is 15.5 Å². The zero-order valence-corrected chi connectivity index (χ0v) is 19.1. The minimum Gasteiger partial charge on any atom is -0.477 e. The molecule has 0 aliphatic carbocycles. The van der Waals surface area contributed by atoms with E-state index in [1.54, 1.807) is 0 Å². The molecule has 34 heavy (non-hydrogen) atoms. The second kappa shape index (κ2) is 10.5. The Morgan fingerprint density at radius 2 is 2.12 bits per heavy atom. The van der Waals surface area contributed by atoms with Crippen molar-refractivity contribution in [1.82, 2.24) is 20.6 Å². The number of aromatic nitrogens is 1. The molecule has 1 aromatic rings. The third kappa shape index (κ3) is 5.26. The number of rotatable bonds is 9. The third-order valence-corrected chi connectivity index (χ3v) is 6.49. The fourth-order valence-electron chi connectivity index (χ4n) is 2.99. The molecule has 2 aliphatic heterocycles. The number of aliphatic carboxylic acids is 1. The number of oxime groups is 1. The first kappa shape index (κ1) is 24.9. The Labute approximate surface area is 199 Å². The van der Waals surface area contributed by atoms with E-state index in [4.69, 9.17) is 21.2 Å². The molecular weight excluding hydrogens is 494 g/mol. The number of hydrogen-bond acceptors (Lipinski definition) is 13. The molecule has 17 heteroatoms. The molecule has 1 fully saturated rings. The zero-order valence-electron chi connectivity index (χ0n) is 17.5. The fraction of sp³-hybridized carbons (Fsp3) is 0.353. The first-order valence-corrected chi connectivity index (χ1v) is 11.3. The number of nitrogens with zero attached hydrogens (tertiary/aromatic N) is 3. The molecule has 7 N–H and O–H groups in total. The molecule has 3 heterocycles. The van der Waals surface area contributed by atoms with Gasteiger partial charge in [-0.1, -0.05) is 5.16 Å². The summed E-state index contributed by atoms with van der Waals surface area (Å²) in [6, 6.07) is -1.07. The lowest BCUT2D eigenvalue weighted by atomic mass is 10.0. The number of nitrogen functional groups attached to an aromatic ring is 1. The third-order valence-electron chi connectivity index (χ3n) is 4.48. The van der Waals surface area contributed by atoms with Crippen LogP contribution in [0.3, 0.4) is 0 Å². The van der Waals surface area contributed by atoms with Gasteiger partial charge >= 0.3 is 11.9 Å². The van der Waals surface area contributed by atoms with Crippen molar-refractivity contribution in [2.24, 2.45) is 11.0 Å². The van der Waals surface area contributed by atoms with E-state index >= 15 is 0 Å². The average Bonchev–Trinajstić information content (AvgIpc) is 3.23. The topological polar surface area (TPSA) is 229 Å². The van der Waals surface area contributed by atoms with Gasteiger partial charge in [-0.15, -0.1) is 23.1 Å². The Morgan fingerprint density at radius 3 is 2.71 bits per heavy atom.